The maximum absolute atomic E-state index is 12.3. The molecule has 0 aliphatic heterocycles. The zero-order chi connectivity index (χ0) is 20.0. The van der Waals surface area contributed by atoms with E-state index in [1.54, 1.807) is 30.3 Å². The van der Waals surface area contributed by atoms with E-state index in [0.29, 0.717) is 27.0 Å². The number of carbonyl (C=O) groups is 2. The second kappa shape index (κ2) is 9.44. The summed E-state index contributed by atoms with van der Waals surface area (Å²) in [6.07, 6.45) is 1.76. The van der Waals surface area contributed by atoms with Gasteiger partial charge in [-0.15, -0.1) is 0 Å². The Labute approximate surface area is 167 Å². The first-order valence-electron chi connectivity index (χ1n) is 8.09. The van der Waals surface area contributed by atoms with E-state index in [1.165, 1.54) is 26.2 Å². The highest BCUT2D eigenvalue weighted by Crippen LogP contribution is 2.25. The Balaban J connectivity index is 1.97. The summed E-state index contributed by atoms with van der Waals surface area (Å²) in [4.78, 5) is 24.2. The number of rotatable bonds is 6. The minimum atomic E-state index is -0.985. The summed E-state index contributed by atoms with van der Waals surface area (Å²) in [6.45, 7) is 3.38. The van der Waals surface area contributed by atoms with Gasteiger partial charge in [-0.05, 0) is 55.3 Å². The van der Waals surface area contributed by atoms with E-state index in [4.69, 9.17) is 32.7 Å². The van der Waals surface area contributed by atoms with Crippen molar-refractivity contribution in [3.8, 4) is 5.75 Å². The van der Waals surface area contributed by atoms with Gasteiger partial charge in [-0.3, -0.25) is 4.79 Å². The molecule has 2 rings (SSSR count). The molecule has 0 radical (unpaired) electrons. The van der Waals surface area contributed by atoms with Crippen molar-refractivity contribution in [3.05, 3.63) is 63.6 Å². The maximum atomic E-state index is 12.3. The van der Waals surface area contributed by atoms with Crippen LogP contribution in [0.15, 0.2) is 42.5 Å². The van der Waals surface area contributed by atoms with Crippen LogP contribution in [-0.2, 0) is 14.3 Å². The topological polar surface area (TPSA) is 64.6 Å². The van der Waals surface area contributed by atoms with Crippen LogP contribution >= 0.6 is 23.2 Å². The fourth-order valence-electron chi connectivity index (χ4n) is 2.20. The van der Waals surface area contributed by atoms with Crippen molar-refractivity contribution in [1.29, 1.82) is 0 Å². The van der Waals surface area contributed by atoms with Crippen molar-refractivity contribution in [3.63, 3.8) is 0 Å². The number of nitrogens with one attached hydrogen (secondary N) is 1. The molecule has 0 spiro atoms. The third kappa shape index (κ3) is 6.01. The number of amides is 1. The summed E-state index contributed by atoms with van der Waals surface area (Å²) < 4.78 is 10.3. The summed E-state index contributed by atoms with van der Waals surface area (Å²) in [5.74, 6) is -0.595. The Kier molecular flexibility index (Phi) is 7.28. The quantitative estimate of drug-likeness (QED) is 0.546. The monoisotopic (exact) mass is 407 g/mol. The molecule has 1 atom stereocenters. The zero-order valence-corrected chi connectivity index (χ0v) is 16.6. The number of anilines is 1. The molecule has 0 unspecified atom stereocenters. The van der Waals surface area contributed by atoms with Crippen molar-refractivity contribution in [1.82, 2.24) is 0 Å². The van der Waals surface area contributed by atoms with E-state index in [-0.39, 0.29) is 0 Å². The highest BCUT2D eigenvalue weighted by Gasteiger charge is 2.18. The standard InChI is InChI=1S/C20H19Cl2NO4/c1-12-4-8-18(26-3)17(10-12)23-20(25)13(2)27-19(24)9-6-14-5-7-15(21)16(22)11-14/h4-11,13H,1-3H3,(H,23,25)/b9-6+/t13-/m1/s1. The van der Waals surface area contributed by atoms with Gasteiger partial charge in [-0.2, -0.15) is 0 Å². The highest BCUT2D eigenvalue weighted by molar-refractivity contribution is 6.42. The number of methoxy groups -OCH3 is 1. The first-order valence-corrected chi connectivity index (χ1v) is 8.85. The van der Waals surface area contributed by atoms with E-state index < -0.39 is 18.0 Å². The number of hydrogen-bond acceptors (Lipinski definition) is 4. The lowest BCUT2D eigenvalue weighted by molar-refractivity contribution is -0.148. The second-order valence-corrected chi connectivity index (χ2v) is 6.59. The number of benzene rings is 2. The van der Waals surface area contributed by atoms with Crippen LogP contribution in [0.3, 0.4) is 0 Å². The van der Waals surface area contributed by atoms with Gasteiger partial charge in [0.15, 0.2) is 6.10 Å². The molecular weight excluding hydrogens is 389 g/mol. The molecule has 2 aromatic carbocycles. The van der Waals surface area contributed by atoms with Gasteiger partial charge in [-0.25, -0.2) is 4.79 Å². The van der Waals surface area contributed by atoms with Gasteiger partial charge < -0.3 is 14.8 Å². The Bertz CT molecular complexity index is 880. The number of esters is 1. The molecule has 1 N–H and O–H groups in total. The van der Waals surface area contributed by atoms with Crippen LogP contribution in [0.5, 0.6) is 5.75 Å². The Morgan fingerprint density at radius 3 is 2.52 bits per heavy atom. The summed E-state index contributed by atoms with van der Waals surface area (Å²) in [7, 11) is 1.51. The fraction of sp³-hybridized carbons (Fsp3) is 0.200. The van der Waals surface area contributed by atoms with E-state index in [2.05, 4.69) is 5.32 Å². The summed E-state index contributed by atoms with van der Waals surface area (Å²) in [6, 6.07) is 10.3. The maximum Gasteiger partial charge on any atom is 0.331 e. The average Bonchev–Trinajstić information content (AvgIpc) is 2.63. The van der Waals surface area contributed by atoms with Crippen LogP contribution < -0.4 is 10.1 Å². The van der Waals surface area contributed by atoms with Crippen LogP contribution in [0.25, 0.3) is 6.08 Å². The lowest BCUT2D eigenvalue weighted by Crippen LogP contribution is -2.29. The lowest BCUT2D eigenvalue weighted by Gasteiger charge is -2.15. The van der Waals surface area contributed by atoms with Gasteiger partial charge >= 0.3 is 5.97 Å². The largest absolute Gasteiger partial charge is 0.495 e. The van der Waals surface area contributed by atoms with Gasteiger partial charge in [0.2, 0.25) is 0 Å². The van der Waals surface area contributed by atoms with Gasteiger partial charge in [0, 0.05) is 6.08 Å². The number of aryl methyl sites for hydroxylation is 1. The van der Waals surface area contributed by atoms with Crippen LogP contribution in [-0.4, -0.2) is 25.1 Å². The minimum Gasteiger partial charge on any atom is -0.495 e. The Morgan fingerprint density at radius 1 is 1.11 bits per heavy atom. The zero-order valence-electron chi connectivity index (χ0n) is 15.1. The van der Waals surface area contributed by atoms with Crippen LogP contribution in [0.2, 0.25) is 10.0 Å². The van der Waals surface area contributed by atoms with Crippen LogP contribution in [0.1, 0.15) is 18.1 Å². The third-order valence-corrected chi connectivity index (χ3v) is 4.37. The van der Waals surface area contributed by atoms with E-state index >= 15 is 0 Å². The van der Waals surface area contributed by atoms with E-state index in [1.807, 2.05) is 13.0 Å². The number of ether oxygens (including phenoxy) is 2. The van der Waals surface area contributed by atoms with Crippen molar-refractivity contribution in [2.45, 2.75) is 20.0 Å². The Hall–Kier alpha value is -2.50. The van der Waals surface area contributed by atoms with Crippen molar-refractivity contribution < 1.29 is 19.1 Å². The lowest BCUT2D eigenvalue weighted by atomic mass is 10.2. The molecule has 0 fully saturated rings. The highest BCUT2D eigenvalue weighted by atomic mass is 35.5. The predicted molar refractivity (Wildman–Crippen MR) is 107 cm³/mol. The number of carbonyl (C=O) groups excluding carboxylic acids is 2. The summed E-state index contributed by atoms with van der Waals surface area (Å²) >= 11 is 11.8. The summed E-state index contributed by atoms with van der Waals surface area (Å²) in [5, 5.41) is 3.50. The van der Waals surface area contributed by atoms with Gasteiger partial charge in [0.05, 0.1) is 22.8 Å². The molecule has 2 aromatic rings. The van der Waals surface area contributed by atoms with Crippen molar-refractivity contribution in [2.75, 3.05) is 12.4 Å². The Morgan fingerprint density at radius 2 is 1.85 bits per heavy atom. The molecule has 27 heavy (non-hydrogen) atoms. The number of hydrogen-bond donors (Lipinski definition) is 1. The molecule has 142 valence electrons. The van der Waals surface area contributed by atoms with Crippen LogP contribution in [0.4, 0.5) is 5.69 Å². The molecule has 0 aliphatic rings. The fourth-order valence-corrected chi connectivity index (χ4v) is 2.51. The van der Waals surface area contributed by atoms with Gasteiger partial charge in [0.25, 0.3) is 5.91 Å². The molecule has 0 saturated heterocycles. The second-order valence-electron chi connectivity index (χ2n) is 5.78. The van der Waals surface area contributed by atoms with E-state index in [0.717, 1.165) is 5.56 Å². The smallest absolute Gasteiger partial charge is 0.331 e. The molecule has 0 aromatic heterocycles. The average molecular weight is 408 g/mol. The molecule has 1 amide bonds. The molecule has 7 heteroatoms. The van der Waals surface area contributed by atoms with Gasteiger partial charge in [0.1, 0.15) is 5.75 Å². The first-order chi connectivity index (χ1) is 12.8. The van der Waals surface area contributed by atoms with Crippen LogP contribution in [0, 0.1) is 6.92 Å². The molecular formula is C20H19Cl2NO4. The van der Waals surface area contributed by atoms with Crippen molar-refractivity contribution >= 4 is 46.8 Å². The first kappa shape index (κ1) is 20.8. The SMILES string of the molecule is COc1ccc(C)cc1NC(=O)[C@@H](C)OC(=O)/C=C/c1ccc(Cl)c(Cl)c1. The van der Waals surface area contributed by atoms with Crippen molar-refractivity contribution in [2.24, 2.45) is 0 Å². The van der Waals surface area contributed by atoms with E-state index in [9.17, 15) is 9.59 Å². The normalized spacial score (nSPS) is 11.9. The van der Waals surface area contributed by atoms with Gasteiger partial charge in [-0.1, -0.05) is 35.3 Å². The molecule has 0 bridgehead atoms. The minimum absolute atomic E-state index is 0.382. The molecule has 0 heterocycles. The summed E-state index contributed by atoms with van der Waals surface area (Å²) in [5.41, 5.74) is 2.15. The molecule has 5 nitrogen and oxygen atoms in total. The predicted octanol–water partition coefficient (Wildman–Crippen LogP) is 4.89. The third-order valence-electron chi connectivity index (χ3n) is 3.63. The molecule has 0 saturated carbocycles. The number of halogens is 2. The molecule has 0 aliphatic carbocycles.